The van der Waals surface area contributed by atoms with Gasteiger partial charge in [-0.25, -0.2) is 4.39 Å². The van der Waals surface area contributed by atoms with Crippen molar-refractivity contribution in [1.29, 1.82) is 0 Å². The zero-order valence-corrected chi connectivity index (χ0v) is 13.4. The lowest BCUT2D eigenvalue weighted by Gasteiger charge is -2.07. The summed E-state index contributed by atoms with van der Waals surface area (Å²) in [7, 11) is 0. The van der Waals surface area contributed by atoms with Crippen molar-refractivity contribution in [1.82, 2.24) is 15.8 Å². The van der Waals surface area contributed by atoms with Gasteiger partial charge in [0.1, 0.15) is 17.3 Å². The molecule has 0 saturated heterocycles. The first-order chi connectivity index (χ1) is 12.1. The predicted octanol–water partition coefficient (Wildman–Crippen LogP) is 2.78. The molecule has 0 aliphatic carbocycles. The molecule has 0 aliphatic heterocycles. The molecule has 0 saturated carbocycles. The van der Waals surface area contributed by atoms with E-state index in [-0.39, 0.29) is 5.69 Å². The third-order valence-corrected chi connectivity index (χ3v) is 3.57. The van der Waals surface area contributed by atoms with E-state index in [1.165, 1.54) is 12.1 Å². The minimum absolute atomic E-state index is 0.145. The van der Waals surface area contributed by atoms with Gasteiger partial charge in [0.05, 0.1) is 6.61 Å². The number of halogens is 1. The van der Waals surface area contributed by atoms with Crippen LogP contribution in [0, 0.1) is 5.82 Å². The third-order valence-electron chi connectivity index (χ3n) is 3.57. The second-order valence-corrected chi connectivity index (χ2v) is 5.25. The highest BCUT2D eigenvalue weighted by Crippen LogP contribution is 2.18. The summed E-state index contributed by atoms with van der Waals surface area (Å²) >= 11 is 0. The number of ether oxygens (including phenoxy) is 1. The highest BCUT2D eigenvalue weighted by atomic mass is 19.1. The molecular formula is C18H16FN3O3. The molecule has 0 spiro atoms. The lowest BCUT2D eigenvalue weighted by Crippen LogP contribution is -2.41. The molecule has 6 nitrogen and oxygen atoms in total. The average molecular weight is 341 g/mol. The van der Waals surface area contributed by atoms with E-state index in [2.05, 4.69) is 15.8 Å². The van der Waals surface area contributed by atoms with Gasteiger partial charge in [-0.2, -0.15) is 0 Å². The van der Waals surface area contributed by atoms with E-state index in [9.17, 15) is 14.0 Å². The van der Waals surface area contributed by atoms with Crippen molar-refractivity contribution in [2.75, 3.05) is 6.61 Å². The maximum Gasteiger partial charge on any atom is 0.286 e. The zero-order chi connectivity index (χ0) is 17.8. The number of hydrogen-bond donors (Lipinski definition) is 3. The normalized spacial score (nSPS) is 10.5. The second kappa shape index (κ2) is 7.04. The lowest BCUT2D eigenvalue weighted by molar-refractivity contribution is 0.0844. The molecule has 1 heterocycles. The number of carbonyl (C=O) groups is 2. The summed E-state index contributed by atoms with van der Waals surface area (Å²) in [6, 6.07) is 12.4. The first-order valence-corrected chi connectivity index (χ1v) is 7.69. The van der Waals surface area contributed by atoms with Gasteiger partial charge in [0, 0.05) is 16.5 Å². The van der Waals surface area contributed by atoms with E-state index in [4.69, 9.17) is 4.74 Å². The largest absolute Gasteiger partial charge is 0.494 e. The predicted molar refractivity (Wildman–Crippen MR) is 90.8 cm³/mol. The number of H-pyrrole nitrogens is 1. The van der Waals surface area contributed by atoms with Crippen molar-refractivity contribution >= 4 is 22.7 Å². The minimum Gasteiger partial charge on any atom is -0.494 e. The molecule has 0 aliphatic rings. The summed E-state index contributed by atoms with van der Waals surface area (Å²) < 4.78 is 19.0. The van der Waals surface area contributed by atoms with Crippen molar-refractivity contribution in [3.05, 3.63) is 65.6 Å². The van der Waals surface area contributed by atoms with E-state index in [1.807, 2.05) is 6.92 Å². The van der Waals surface area contributed by atoms with Crippen molar-refractivity contribution in [2.24, 2.45) is 0 Å². The van der Waals surface area contributed by atoms with Crippen LogP contribution in [0.2, 0.25) is 0 Å². The van der Waals surface area contributed by atoms with Gasteiger partial charge in [-0.15, -0.1) is 0 Å². The van der Waals surface area contributed by atoms with Crippen LogP contribution in [0.25, 0.3) is 10.9 Å². The monoisotopic (exact) mass is 341 g/mol. The van der Waals surface area contributed by atoms with E-state index < -0.39 is 17.6 Å². The summed E-state index contributed by atoms with van der Waals surface area (Å²) in [6.07, 6.45) is 0. The molecular weight excluding hydrogens is 325 g/mol. The highest BCUT2D eigenvalue weighted by Gasteiger charge is 2.13. The van der Waals surface area contributed by atoms with E-state index in [1.54, 1.807) is 36.4 Å². The molecule has 0 unspecified atom stereocenters. The molecule has 2 aromatic carbocycles. The summed E-state index contributed by atoms with van der Waals surface area (Å²) in [4.78, 5) is 26.9. The Hall–Kier alpha value is -3.35. The molecule has 0 radical (unpaired) electrons. The zero-order valence-electron chi connectivity index (χ0n) is 13.4. The van der Waals surface area contributed by atoms with Crippen LogP contribution in [0.5, 0.6) is 5.75 Å². The topological polar surface area (TPSA) is 83.2 Å². The van der Waals surface area contributed by atoms with Gasteiger partial charge < -0.3 is 9.72 Å². The second-order valence-electron chi connectivity index (χ2n) is 5.25. The maximum absolute atomic E-state index is 13.7. The van der Waals surface area contributed by atoms with Gasteiger partial charge >= 0.3 is 0 Å². The number of rotatable bonds is 4. The van der Waals surface area contributed by atoms with Gasteiger partial charge in [0.25, 0.3) is 11.8 Å². The van der Waals surface area contributed by atoms with Crippen LogP contribution < -0.4 is 15.6 Å². The Kier molecular flexibility index (Phi) is 4.65. The van der Waals surface area contributed by atoms with E-state index in [0.29, 0.717) is 28.8 Å². The van der Waals surface area contributed by atoms with Gasteiger partial charge in [0.2, 0.25) is 0 Å². The van der Waals surface area contributed by atoms with Crippen LogP contribution in [0.4, 0.5) is 4.39 Å². The number of fused-ring (bicyclic) bond motifs is 1. The number of amides is 2. The fourth-order valence-electron chi connectivity index (χ4n) is 2.36. The average Bonchev–Trinajstić information content (AvgIpc) is 3.06. The van der Waals surface area contributed by atoms with Crippen molar-refractivity contribution < 1.29 is 18.7 Å². The number of nitrogens with one attached hydrogen (secondary N) is 3. The Labute approximate surface area is 143 Å². The molecule has 7 heteroatoms. The Bertz CT molecular complexity index is 919. The summed E-state index contributed by atoms with van der Waals surface area (Å²) in [5, 5.41) is 0.311. The van der Waals surface area contributed by atoms with Crippen LogP contribution in [-0.2, 0) is 0 Å². The summed E-state index contributed by atoms with van der Waals surface area (Å²) in [5.41, 5.74) is 5.62. The molecule has 128 valence electrons. The summed E-state index contributed by atoms with van der Waals surface area (Å²) in [5.74, 6) is -0.817. The Balaban J connectivity index is 1.64. The van der Waals surface area contributed by atoms with Crippen LogP contribution in [-0.4, -0.2) is 23.4 Å². The van der Waals surface area contributed by atoms with Crippen LogP contribution in [0.15, 0.2) is 48.5 Å². The minimum atomic E-state index is -0.574. The smallest absolute Gasteiger partial charge is 0.286 e. The SMILES string of the molecule is CCOc1ccc(C(=O)NNC(=O)c2cc3c(F)cccc3[nH]2)cc1. The lowest BCUT2D eigenvalue weighted by atomic mass is 10.2. The standard InChI is InChI=1S/C18H16FN3O3/c1-2-25-12-8-6-11(7-9-12)17(23)21-22-18(24)16-10-13-14(19)4-3-5-15(13)20-16/h3-10,20H,2H2,1H3,(H,21,23)(H,22,24). The maximum atomic E-state index is 13.7. The van der Waals surface area contributed by atoms with Gasteiger partial charge in [-0.1, -0.05) is 6.07 Å². The van der Waals surface area contributed by atoms with Crippen molar-refractivity contribution in [2.45, 2.75) is 6.92 Å². The molecule has 0 bridgehead atoms. The number of carbonyl (C=O) groups excluding carboxylic acids is 2. The number of benzene rings is 2. The Morgan fingerprint density at radius 1 is 1.08 bits per heavy atom. The van der Waals surface area contributed by atoms with Crippen LogP contribution in [0.1, 0.15) is 27.8 Å². The molecule has 3 N–H and O–H groups in total. The molecule has 3 aromatic rings. The van der Waals surface area contributed by atoms with Crippen molar-refractivity contribution in [3.63, 3.8) is 0 Å². The third kappa shape index (κ3) is 3.60. The first-order valence-electron chi connectivity index (χ1n) is 7.69. The fourth-order valence-corrected chi connectivity index (χ4v) is 2.36. The number of hydrogen-bond acceptors (Lipinski definition) is 3. The summed E-state index contributed by atoms with van der Waals surface area (Å²) in [6.45, 7) is 2.40. The number of hydrazine groups is 1. The Morgan fingerprint density at radius 2 is 1.80 bits per heavy atom. The van der Waals surface area contributed by atoms with E-state index in [0.717, 1.165) is 0 Å². The van der Waals surface area contributed by atoms with E-state index >= 15 is 0 Å². The highest BCUT2D eigenvalue weighted by molar-refractivity contribution is 6.00. The van der Waals surface area contributed by atoms with Gasteiger partial charge in [-0.05, 0) is 49.4 Å². The molecule has 3 rings (SSSR count). The molecule has 25 heavy (non-hydrogen) atoms. The van der Waals surface area contributed by atoms with Crippen molar-refractivity contribution in [3.8, 4) is 5.75 Å². The van der Waals surface area contributed by atoms with Crippen LogP contribution >= 0.6 is 0 Å². The number of aromatic amines is 1. The quantitative estimate of drug-likeness (QED) is 0.638. The Morgan fingerprint density at radius 3 is 2.48 bits per heavy atom. The molecule has 0 fully saturated rings. The number of aromatic nitrogens is 1. The molecule has 2 amide bonds. The van der Waals surface area contributed by atoms with Gasteiger partial charge in [0.15, 0.2) is 0 Å². The first kappa shape index (κ1) is 16.5. The molecule has 1 aromatic heterocycles. The molecule has 0 atom stereocenters. The van der Waals surface area contributed by atoms with Crippen LogP contribution in [0.3, 0.4) is 0 Å². The van der Waals surface area contributed by atoms with Gasteiger partial charge in [-0.3, -0.25) is 20.4 Å². The fraction of sp³-hybridized carbons (Fsp3) is 0.111.